The predicted molar refractivity (Wildman–Crippen MR) is 87.9 cm³/mol. The first kappa shape index (κ1) is 16.7. The van der Waals surface area contributed by atoms with Crippen LogP contribution in [0.5, 0.6) is 0 Å². The molecule has 4 N–H and O–H groups in total. The van der Waals surface area contributed by atoms with E-state index in [0.717, 1.165) is 11.1 Å². The first-order valence-corrected chi connectivity index (χ1v) is 7.45. The Kier molecular flexibility index (Phi) is 5.88. The minimum Gasteiger partial charge on any atom is -0.861 e. The Morgan fingerprint density at radius 1 is 1.00 bits per heavy atom. The number of rotatable bonds is 7. The smallest absolute Gasteiger partial charge is 0.237 e. The fraction of sp³-hybridized carbons (Fsp3) is 0.222. The van der Waals surface area contributed by atoms with Crippen molar-refractivity contribution in [2.24, 2.45) is 5.73 Å². The van der Waals surface area contributed by atoms with Crippen LogP contribution in [0.15, 0.2) is 60.7 Å². The van der Waals surface area contributed by atoms with Gasteiger partial charge in [-0.15, -0.1) is 0 Å². The molecule has 0 saturated carbocycles. The van der Waals surface area contributed by atoms with Gasteiger partial charge in [0.05, 0.1) is 12.1 Å². The average Bonchev–Trinajstić information content (AvgIpc) is 2.56. The van der Waals surface area contributed by atoms with E-state index in [1.165, 1.54) is 0 Å². The van der Waals surface area contributed by atoms with E-state index in [9.17, 15) is 9.90 Å². The van der Waals surface area contributed by atoms with Crippen LogP contribution < -0.4 is 16.2 Å². The Morgan fingerprint density at radius 2 is 1.48 bits per heavy atom. The SMILES string of the molecule is N=C([O-])[C@H](Cc1ccccc1)NC(=O)[C@@H](N)Cc1ccccc1. The van der Waals surface area contributed by atoms with Crippen molar-refractivity contribution in [1.82, 2.24) is 5.32 Å². The summed E-state index contributed by atoms with van der Waals surface area (Å²) in [7, 11) is 0. The van der Waals surface area contributed by atoms with E-state index in [0.29, 0.717) is 6.42 Å². The summed E-state index contributed by atoms with van der Waals surface area (Å²) in [5, 5.41) is 21.4. The van der Waals surface area contributed by atoms with Crippen molar-refractivity contribution in [3.63, 3.8) is 0 Å². The number of nitrogens with one attached hydrogen (secondary N) is 2. The summed E-state index contributed by atoms with van der Waals surface area (Å²) in [4.78, 5) is 12.2. The summed E-state index contributed by atoms with van der Waals surface area (Å²) in [5.74, 6) is -1.25. The van der Waals surface area contributed by atoms with E-state index in [1.807, 2.05) is 60.7 Å². The number of hydrogen-bond acceptors (Lipinski definition) is 4. The molecule has 120 valence electrons. The first-order valence-electron chi connectivity index (χ1n) is 7.45. The van der Waals surface area contributed by atoms with E-state index in [1.54, 1.807) is 0 Å². The molecule has 1 amide bonds. The maximum Gasteiger partial charge on any atom is 0.237 e. The summed E-state index contributed by atoms with van der Waals surface area (Å²) in [6.45, 7) is 0. The van der Waals surface area contributed by atoms with Gasteiger partial charge in [-0.3, -0.25) is 4.79 Å². The quantitative estimate of drug-likeness (QED) is 0.516. The fourth-order valence-electron chi connectivity index (χ4n) is 2.30. The number of nitrogens with two attached hydrogens (primary N) is 1. The summed E-state index contributed by atoms with van der Waals surface area (Å²) < 4.78 is 0. The molecule has 0 spiro atoms. The lowest BCUT2D eigenvalue weighted by atomic mass is 10.0. The molecule has 0 aliphatic heterocycles. The van der Waals surface area contributed by atoms with Crippen LogP contribution in [0.4, 0.5) is 0 Å². The number of amides is 1. The molecule has 23 heavy (non-hydrogen) atoms. The standard InChI is InChI=1S/C18H21N3O2/c19-15(11-13-7-3-1-4-8-13)18(23)21-16(17(20)22)12-14-9-5-2-6-10-14/h1-10,15-16H,11-12,19H2,(H2,20,22)(H,21,23)/p-1/t15-,16-/m0/s1. The highest BCUT2D eigenvalue weighted by atomic mass is 16.3. The summed E-state index contributed by atoms with van der Waals surface area (Å²) >= 11 is 0. The average molecular weight is 310 g/mol. The second-order valence-corrected chi connectivity index (χ2v) is 5.41. The molecule has 0 bridgehead atoms. The van der Waals surface area contributed by atoms with Gasteiger partial charge in [-0.25, -0.2) is 0 Å². The van der Waals surface area contributed by atoms with E-state index in [-0.39, 0.29) is 6.42 Å². The van der Waals surface area contributed by atoms with Crippen molar-refractivity contribution < 1.29 is 9.90 Å². The van der Waals surface area contributed by atoms with E-state index >= 15 is 0 Å². The van der Waals surface area contributed by atoms with Gasteiger partial charge >= 0.3 is 0 Å². The molecule has 0 unspecified atom stereocenters. The third-order valence-corrected chi connectivity index (χ3v) is 3.55. The van der Waals surface area contributed by atoms with Crippen LogP contribution in [0.2, 0.25) is 0 Å². The lowest BCUT2D eigenvalue weighted by Crippen LogP contribution is -2.52. The van der Waals surface area contributed by atoms with Crippen LogP contribution >= 0.6 is 0 Å². The van der Waals surface area contributed by atoms with Crippen molar-refractivity contribution >= 4 is 11.8 Å². The van der Waals surface area contributed by atoms with Gasteiger partial charge in [0.15, 0.2) is 0 Å². The third kappa shape index (κ3) is 5.23. The van der Waals surface area contributed by atoms with Crippen LogP contribution in [0.3, 0.4) is 0 Å². The van der Waals surface area contributed by atoms with Crippen molar-refractivity contribution in [2.75, 3.05) is 0 Å². The molecular weight excluding hydrogens is 290 g/mol. The first-order chi connectivity index (χ1) is 11.1. The normalized spacial score (nSPS) is 13.1. The second kappa shape index (κ2) is 8.10. The highest BCUT2D eigenvalue weighted by Crippen LogP contribution is 2.05. The molecule has 5 heteroatoms. The lowest BCUT2D eigenvalue weighted by molar-refractivity contribution is -0.223. The molecule has 2 atom stereocenters. The summed E-state index contributed by atoms with van der Waals surface area (Å²) in [6, 6.07) is 17.1. The minimum atomic E-state index is -0.883. The zero-order chi connectivity index (χ0) is 16.7. The van der Waals surface area contributed by atoms with E-state index in [2.05, 4.69) is 5.32 Å². The number of carbonyl (C=O) groups excluding carboxylic acids is 1. The number of benzene rings is 2. The maximum absolute atomic E-state index is 12.2. The Hall–Kier alpha value is -2.66. The molecule has 0 radical (unpaired) electrons. The Labute approximate surface area is 135 Å². The van der Waals surface area contributed by atoms with Crippen LogP contribution in [-0.2, 0) is 17.6 Å². The molecule has 0 fully saturated rings. The lowest BCUT2D eigenvalue weighted by Gasteiger charge is -2.24. The van der Waals surface area contributed by atoms with Crippen molar-refractivity contribution in [2.45, 2.75) is 24.9 Å². The van der Waals surface area contributed by atoms with Crippen LogP contribution in [0.1, 0.15) is 11.1 Å². The van der Waals surface area contributed by atoms with Gasteiger partial charge in [0.2, 0.25) is 5.91 Å². The van der Waals surface area contributed by atoms with Gasteiger partial charge < -0.3 is 21.6 Å². The predicted octanol–water partition coefficient (Wildman–Crippen LogP) is 0.621. The van der Waals surface area contributed by atoms with Gasteiger partial charge in [0.25, 0.3) is 0 Å². The second-order valence-electron chi connectivity index (χ2n) is 5.41. The third-order valence-electron chi connectivity index (χ3n) is 3.55. The molecule has 0 heterocycles. The summed E-state index contributed by atoms with van der Waals surface area (Å²) in [5.41, 5.74) is 7.74. The molecule has 0 aliphatic carbocycles. The van der Waals surface area contributed by atoms with Crippen molar-refractivity contribution in [1.29, 1.82) is 5.41 Å². The summed E-state index contributed by atoms with van der Waals surface area (Å²) in [6.07, 6.45) is 0.671. The van der Waals surface area contributed by atoms with Crippen LogP contribution in [-0.4, -0.2) is 23.9 Å². The molecule has 0 aliphatic rings. The van der Waals surface area contributed by atoms with Gasteiger partial charge in [-0.05, 0) is 29.9 Å². The number of carbonyl (C=O) groups is 1. The molecule has 0 aromatic heterocycles. The topological polar surface area (TPSA) is 102 Å². The Morgan fingerprint density at radius 3 is 1.96 bits per heavy atom. The number of hydrogen-bond donors (Lipinski definition) is 3. The van der Waals surface area contributed by atoms with Gasteiger partial charge in [-0.2, -0.15) is 0 Å². The zero-order valence-electron chi connectivity index (χ0n) is 12.7. The monoisotopic (exact) mass is 310 g/mol. The van der Waals surface area contributed by atoms with Crippen LogP contribution in [0.25, 0.3) is 0 Å². The molecule has 5 nitrogen and oxygen atoms in total. The molecule has 2 rings (SSSR count). The van der Waals surface area contributed by atoms with Crippen molar-refractivity contribution in [3.05, 3.63) is 71.8 Å². The molecule has 0 saturated heterocycles. The molecule has 2 aromatic carbocycles. The van der Waals surface area contributed by atoms with Gasteiger partial charge in [0.1, 0.15) is 0 Å². The van der Waals surface area contributed by atoms with Crippen LogP contribution in [0, 0.1) is 5.41 Å². The maximum atomic E-state index is 12.2. The largest absolute Gasteiger partial charge is 0.861 e. The highest BCUT2D eigenvalue weighted by molar-refractivity contribution is 5.87. The van der Waals surface area contributed by atoms with Gasteiger partial charge in [0, 0.05) is 0 Å². The Balaban J connectivity index is 1.96. The minimum absolute atomic E-state index is 0.285. The fourth-order valence-corrected chi connectivity index (χ4v) is 2.30. The van der Waals surface area contributed by atoms with Crippen molar-refractivity contribution in [3.8, 4) is 0 Å². The Bertz CT molecular complexity index is 644. The van der Waals surface area contributed by atoms with E-state index in [4.69, 9.17) is 11.1 Å². The molecular formula is C18H20N3O2-. The zero-order valence-corrected chi connectivity index (χ0v) is 12.7. The van der Waals surface area contributed by atoms with Gasteiger partial charge in [-0.1, -0.05) is 60.7 Å². The highest BCUT2D eigenvalue weighted by Gasteiger charge is 2.18. The molecule has 2 aromatic rings. The van der Waals surface area contributed by atoms with E-state index < -0.39 is 23.9 Å².